The highest BCUT2D eigenvalue weighted by molar-refractivity contribution is 5.77. The third-order valence-corrected chi connectivity index (χ3v) is 6.43. The molecule has 2 aliphatic heterocycles. The Kier molecular flexibility index (Phi) is 5.48. The maximum absolute atomic E-state index is 12.5. The fraction of sp³-hybridized carbons (Fsp3) is 0.478. The summed E-state index contributed by atoms with van der Waals surface area (Å²) < 4.78 is 0. The van der Waals surface area contributed by atoms with Crippen molar-refractivity contribution < 1.29 is 4.79 Å². The van der Waals surface area contributed by atoms with Gasteiger partial charge in [0.15, 0.2) is 0 Å². The second kappa shape index (κ2) is 8.20. The highest BCUT2D eigenvalue weighted by Crippen LogP contribution is 2.41. The van der Waals surface area contributed by atoms with Crippen LogP contribution < -0.4 is 4.90 Å². The molecule has 0 aromatic carbocycles. The van der Waals surface area contributed by atoms with Gasteiger partial charge < -0.3 is 9.80 Å². The molecule has 0 unspecified atom stereocenters. The van der Waals surface area contributed by atoms with Crippen LogP contribution >= 0.6 is 0 Å². The first-order valence-electron chi connectivity index (χ1n) is 10.4. The van der Waals surface area contributed by atoms with Crippen LogP contribution in [0.2, 0.25) is 0 Å². The Morgan fingerprint density at radius 2 is 1.90 bits per heavy atom. The van der Waals surface area contributed by atoms with Crippen molar-refractivity contribution in [2.75, 3.05) is 31.1 Å². The minimum atomic E-state index is 0.194. The molecular formula is C23H27N5O. The van der Waals surface area contributed by atoms with Crippen LogP contribution in [-0.4, -0.2) is 47.0 Å². The molecule has 2 aromatic heterocycles. The van der Waals surface area contributed by atoms with E-state index in [-0.39, 0.29) is 11.3 Å². The average Bonchev–Trinajstić information content (AvgIpc) is 2.76. The van der Waals surface area contributed by atoms with Gasteiger partial charge in [0.2, 0.25) is 5.91 Å². The van der Waals surface area contributed by atoms with Gasteiger partial charge in [0.25, 0.3) is 0 Å². The Morgan fingerprint density at radius 3 is 2.62 bits per heavy atom. The van der Waals surface area contributed by atoms with E-state index in [1.807, 2.05) is 31.2 Å². The standard InChI is InChI=1S/C23H27N5O/c1-18-2-3-20(16-24)22(26-18)27-14-9-23(10-15-27)8-4-21(29)28(17-23)13-7-19-5-11-25-12-6-19/h2-3,5-6,11-12H,4,7-10,13-15,17H2,1H3. The molecule has 6 heteroatoms. The van der Waals surface area contributed by atoms with Crippen molar-refractivity contribution in [3.8, 4) is 6.07 Å². The number of carbonyl (C=O) groups is 1. The number of hydrogen-bond donors (Lipinski definition) is 0. The number of hydrogen-bond acceptors (Lipinski definition) is 5. The number of nitrogens with zero attached hydrogens (tertiary/aromatic N) is 5. The van der Waals surface area contributed by atoms with Crippen LogP contribution in [0.4, 0.5) is 5.82 Å². The molecule has 6 nitrogen and oxygen atoms in total. The van der Waals surface area contributed by atoms with Crippen LogP contribution in [0.15, 0.2) is 36.7 Å². The van der Waals surface area contributed by atoms with E-state index < -0.39 is 0 Å². The van der Waals surface area contributed by atoms with E-state index in [0.29, 0.717) is 12.0 Å². The van der Waals surface area contributed by atoms with Gasteiger partial charge in [-0.05, 0) is 67.9 Å². The Bertz CT molecular complexity index is 913. The number of pyridine rings is 2. The molecule has 29 heavy (non-hydrogen) atoms. The molecule has 1 spiro atoms. The summed E-state index contributed by atoms with van der Waals surface area (Å²) >= 11 is 0. The van der Waals surface area contributed by atoms with Crippen molar-refractivity contribution in [2.24, 2.45) is 5.41 Å². The summed E-state index contributed by atoms with van der Waals surface area (Å²) in [7, 11) is 0. The molecule has 4 heterocycles. The Morgan fingerprint density at radius 1 is 1.14 bits per heavy atom. The van der Waals surface area contributed by atoms with Crippen LogP contribution in [-0.2, 0) is 11.2 Å². The summed E-state index contributed by atoms with van der Waals surface area (Å²) in [6, 6.07) is 10.1. The number of piperidine rings is 2. The number of carbonyl (C=O) groups excluding carboxylic acids is 1. The monoisotopic (exact) mass is 389 g/mol. The van der Waals surface area contributed by atoms with Crippen molar-refractivity contribution in [3.63, 3.8) is 0 Å². The van der Waals surface area contributed by atoms with E-state index in [4.69, 9.17) is 0 Å². The van der Waals surface area contributed by atoms with Gasteiger partial charge in [-0.3, -0.25) is 9.78 Å². The molecular weight excluding hydrogens is 362 g/mol. The van der Waals surface area contributed by atoms with Gasteiger partial charge >= 0.3 is 0 Å². The van der Waals surface area contributed by atoms with Crippen molar-refractivity contribution in [1.29, 1.82) is 5.26 Å². The number of rotatable bonds is 4. The van der Waals surface area contributed by atoms with E-state index in [1.54, 1.807) is 12.4 Å². The zero-order valence-corrected chi connectivity index (χ0v) is 17.0. The van der Waals surface area contributed by atoms with Gasteiger partial charge in [-0.1, -0.05) is 0 Å². The normalized spacial score (nSPS) is 18.7. The molecule has 2 aromatic rings. The number of aryl methyl sites for hydroxylation is 1. The van der Waals surface area contributed by atoms with E-state index in [0.717, 1.165) is 63.4 Å². The number of aromatic nitrogens is 2. The highest BCUT2D eigenvalue weighted by Gasteiger charge is 2.41. The van der Waals surface area contributed by atoms with E-state index in [9.17, 15) is 10.1 Å². The minimum Gasteiger partial charge on any atom is -0.355 e. The summed E-state index contributed by atoms with van der Waals surface area (Å²) in [5.41, 5.74) is 2.99. The molecule has 150 valence electrons. The number of nitriles is 1. The third kappa shape index (κ3) is 4.24. The van der Waals surface area contributed by atoms with Gasteiger partial charge in [0, 0.05) is 50.7 Å². The second-order valence-corrected chi connectivity index (χ2v) is 8.34. The van der Waals surface area contributed by atoms with Crippen LogP contribution in [0, 0.1) is 23.7 Å². The first-order chi connectivity index (χ1) is 14.1. The summed E-state index contributed by atoms with van der Waals surface area (Å²) in [5.74, 6) is 1.09. The molecule has 0 saturated carbocycles. The molecule has 2 aliphatic rings. The highest BCUT2D eigenvalue weighted by atomic mass is 16.2. The van der Waals surface area contributed by atoms with Crippen LogP contribution in [0.3, 0.4) is 0 Å². The fourth-order valence-corrected chi connectivity index (χ4v) is 4.59. The molecule has 2 saturated heterocycles. The molecule has 2 fully saturated rings. The summed E-state index contributed by atoms with van der Waals surface area (Å²) in [5, 5.41) is 9.43. The van der Waals surface area contributed by atoms with E-state index in [2.05, 4.69) is 25.8 Å². The topological polar surface area (TPSA) is 73.1 Å². The van der Waals surface area contributed by atoms with Crippen LogP contribution in [0.1, 0.15) is 42.5 Å². The van der Waals surface area contributed by atoms with Crippen LogP contribution in [0.5, 0.6) is 0 Å². The molecule has 0 N–H and O–H groups in total. The average molecular weight is 390 g/mol. The maximum Gasteiger partial charge on any atom is 0.222 e. The smallest absolute Gasteiger partial charge is 0.222 e. The SMILES string of the molecule is Cc1ccc(C#N)c(N2CCC3(CCC(=O)N(CCc4ccncc4)C3)CC2)n1. The molecule has 0 radical (unpaired) electrons. The van der Waals surface area contributed by atoms with E-state index >= 15 is 0 Å². The summed E-state index contributed by atoms with van der Waals surface area (Å²) in [6.07, 6.45) is 8.16. The van der Waals surface area contributed by atoms with Gasteiger partial charge in [-0.25, -0.2) is 4.98 Å². The zero-order chi connectivity index (χ0) is 20.3. The largest absolute Gasteiger partial charge is 0.355 e. The molecule has 0 atom stereocenters. The number of likely N-dealkylation sites (tertiary alicyclic amines) is 1. The van der Waals surface area contributed by atoms with Crippen molar-refractivity contribution in [1.82, 2.24) is 14.9 Å². The molecule has 0 bridgehead atoms. The van der Waals surface area contributed by atoms with Gasteiger partial charge in [0.05, 0.1) is 5.56 Å². The number of amides is 1. The Hall–Kier alpha value is -2.94. The Balaban J connectivity index is 1.40. The minimum absolute atomic E-state index is 0.194. The lowest BCUT2D eigenvalue weighted by molar-refractivity contribution is -0.138. The van der Waals surface area contributed by atoms with Gasteiger partial charge in [-0.2, -0.15) is 5.26 Å². The van der Waals surface area contributed by atoms with Crippen LogP contribution in [0.25, 0.3) is 0 Å². The third-order valence-electron chi connectivity index (χ3n) is 6.43. The maximum atomic E-state index is 12.5. The van der Waals surface area contributed by atoms with Gasteiger partial charge in [0.1, 0.15) is 11.9 Å². The quantitative estimate of drug-likeness (QED) is 0.803. The first-order valence-corrected chi connectivity index (χ1v) is 10.4. The molecule has 4 rings (SSSR count). The first kappa shape index (κ1) is 19.4. The zero-order valence-electron chi connectivity index (χ0n) is 17.0. The predicted molar refractivity (Wildman–Crippen MR) is 111 cm³/mol. The predicted octanol–water partition coefficient (Wildman–Crippen LogP) is 3.11. The second-order valence-electron chi connectivity index (χ2n) is 8.34. The molecule has 0 aliphatic carbocycles. The lowest BCUT2D eigenvalue weighted by Gasteiger charge is -2.47. The summed E-state index contributed by atoms with van der Waals surface area (Å²) in [4.78, 5) is 25.5. The number of anilines is 1. The van der Waals surface area contributed by atoms with E-state index in [1.165, 1.54) is 5.56 Å². The van der Waals surface area contributed by atoms with Crippen molar-refractivity contribution >= 4 is 11.7 Å². The summed E-state index contributed by atoms with van der Waals surface area (Å²) in [6.45, 7) is 5.35. The Labute approximate surface area is 172 Å². The van der Waals surface area contributed by atoms with Gasteiger partial charge in [-0.15, -0.1) is 0 Å². The fourth-order valence-electron chi connectivity index (χ4n) is 4.59. The van der Waals surface area contributed by atoms with Crippen molar-refractivity contribution in [3.05, 3.63) is 53.5 Å². The lowest BCUT2D eigenvalue weighted by Crippen LogP contribution is -2.52. The van der Waals surface area contributed by atoms with Crippen molar-refractivity contribution in [2.45, 2.75) is 39.0 Å². The lowest BCUT2D eigenvalue weighted by atomic mass is 9.72. The molecule has 1 amide bonds.